The smallest absolute Gasteiger partial charge is 0.303 e. The molecule has 0 saturated heterocycles. The van der Waals surface area contributed by atoms with Gasteiger partial charge in [-0.3, -0.25) is 4.52 Å². The summed E-state index contributed by atoms with van der Waals surface area (Å²) < 4.78 is 26.7. The summed E-state index contributed by atoms with van der Waals surface area (Å²) in [4.78, 5) is 16.6. The molecule has 14 heavy (non-hydrogen) atoms. The van der Waals surface area contributed by atoms with E-state index in [1.165, 1.54) is 0 Å². The molecule has 0 bridgehead atoms. The highest BCUT2D eigenvalue weighted by atomic mass is 31.2. The fourth-order valence-electron chi connectivity index (χ4n) is 1.11. The van der Waals surface area contributed by atoms with Crippen LogP contribution in [-0.4, -0.2) is 16.1 Å². The van der Waals surface area contributed by atoms with Crippen LogP contribution in [0.3, 0.4) is 0 Å². The average Bonchev–Trinajstić information content (AvgIpc) is 2.00. The molecule has 0 aliphatic rings. The van der Waals surface area contributed by atoms with Crippen LogP contribution in [0.1, 0.15) is 45.4 Å². The van der Waals surface area contributed by atoms with E-state index in [1.54, 1.807) is 0 Å². The lowest BCUT2D eigenvalue weighted by Gasteiger charge is -2.09. The lowest BCUT2D eigenvalue weighted by atomic mass is 10.1. The van der Waals surface area contributed by atoms with Crippen molar-refractivity contribution in [3.63, 3.8) is 0 Å². The van der Waals surface area contributed by atoms with Crippen molar-refractivity contribution in [3.8, 4) is 0 Å². The number of phosphoric acid groups is 1. The average molecular weight is 228 g/mol. The van der Waals surface area contributed by atoms with Gasteiger partial charge < -0.3 is 9.79 Å². The first kappa shape index (κ1) is 14.0. The van der Waals surface area contributed by atoms with E-state index in [9.17, 15) is 8.96 Å². The highest BCUT2D eigenvalue weighted by Gasteiger charge is 2.20. The van der Waals surface area contributed by atoms with Crippen molar-refractivity contribution >= 4 is 7.82 Å². The zero-order chi connectivity index (χ0) is 11.0. The molecule has 0 amide bonds. The SMILES string of the molecule is CCCCCCCC(F)OP(=O)(O)O. The van der Waals surface area contributed by atoms with Gasteiger partial charge in [-0.2, -0.15) is 0 Å². The van der Waals surface area contributed by atoms with Crippen LogP contribution in [0.5, 0.6) is 0 Å². The fourth-order valence-corrected chi connectivity index (χ4v) is 1.51. The van der Waals surface area contributed by atoms with Crippen molar-refractivity contribution in [2.45, 2.75) is 51.8 Å². The Labute approximate surface area is 83.7 Å². The largest absolute Gasteiger partial charge is 0.472 e. The van der Waals surface area contributed by atoms with E-state index in [0.717, 1.165) is 25.7 Å². The lowest BCUT2D eigenvalue weighted by Crippen LogP contribution is -2.04. The molecule has 0 saturated carbocycles. The summed E-state index contributed by atoms with van der Waals surface area (Å²) in [6, 6.07) is 0. The Bertz CT molecular complexity index is 182. The van der Waals surface area contributed by atoms with E-state index >= 15 is 0 Å². The van der Waals surface area contributed by atoms with E-state index < -0.39 is 14.2 Å². The highest BCUT2D eigenvalue weighted by Crippen LogP contribution is 2.38. The van der Waals surface area contributed by atoms with Crippen LogP contribution < -0.4 is 0 Å². The molecule has 86 valence electrons. The number of alkyl halides is 1. The summed E-state index contributed by atoms with van der Waals surface area (Å²) >= 11 is 0. The minimum atomic E-state index is -4.66. The number of unbranched alkanes of at least 4 members (excludes halogenated alkanes) is 4. The Morgan fingerprint density at radius 2 is 1.86 bits per heavy atom. The van der Waals surface area contributed by atoms with Crippen LogP contribution in [0.15, 0.2) is 0 Å². The van der Waals surface area contributed by atoms with Crippen LogP contribution in [0.2, 0.25) is 0 Å². The Morgan fingerprint density at radius 3 is 2.36 bits per heavy atom. The molecule has 0 aromatic heterocycles. The molecular formula is C8H18FO4P. The van der Waals surface area contributed by atoms with Gasteiger partial charge in [0.25, 0.3) is 0 Å². The van der Waals surface area contributed by atoms with Crippen molar-refractivity contribution < 1.29 is 23.3 Å². The normalized spacial score (nSPS) is 14.3. The summed E-state index contributed by atoms with van der Waals surface area (Å²) in [7, 11) is -4.66. The third-order valence-corrected chi connectivity index (χ3v) is 2.29. The fraction of sp³-hybridized carbons (Fsp3) is 1.00. The highest BCUT2D eigenvalue weighted by molar-refractivity contribution is 7.46. The molecule has 4 nitrogen and oxygen atoms in total. The second-order valence-corrected chi connectivity index (χ2v) is 4.40. The van der Waals surface area contributed by atoms with Gasteiger partial charge in [0.05, 0.1) is 0 Å². The van der Waals surface area contributed by atoms with Crippen molar-refractivity contribution in [3.05, 3.63) is 0 Å². The first-order valence-electron chi connectivity index (χ1n) is 4.83. The third-order valence-electron chi connectivity index (χ3n) is 1.79. The molecule has 0 aliphatic heterocycles. The summed E-state index contributed by atoms with van der Waals surface area (Å²) in [5.41, 5.74) is 0. The van der Waals surface area contributed by atoms with Gasteiger partial charge in [0.2, 0.25) is 6.36 Å². The zero-order valence-corrected chi connectivity index (χ0v) is 9.25. The maximum Gasteiger partial charge on any atom is 0.472 e. The molecule has 0 spiro atoms. The number of hydrogen-bond donors (Lipinski definition) is 2. The van der Waals surface area contributed by atoms with Gasteiger partial charge in [-0.1, -0.05) is 32.6 Å². The van der Waals surface area contributed by atoms with Gasteiger partial charge in [-0.25, -0.2) is 8.96 Å². The van der Waals surface area contributed by atoms with Crippen molar-refractivity contribution in [2.24, 2.45) is 0 Å². The van der Waals surface area contributed by atoms with Crippen LogP contribution in [0.4, 0.5) is 4.39 Å². The van der Waals surface area contributed by atoms with Crippen LogP contribution in [-0.2, 0) is 9.09 Å². The Morgan fingerprint density at radius 1 is 1.29 bits per heavy atom. The Hall–Kier alpha value is 0.0400. The summed E-state index contributed by atoms with van der Waals surface area (Å²) in [6.45, 7) is 2.08. The second-order valence-electron chi connectivity index (χ2n) is 3.21. The van der Waals surface area contributed by atoms with Gasteiger partial charge in [-0.05, 0) is 6.42 Å². The predicted molar refractivity (Wildman–Crippen MR) is 51.4 cm³/mol. The second kappa shape index (κ2) is 7.35. The quantitative estimate of drug-likeness (QED) is 0.495. The molecular weight excluding hydrogens is 210 g/mol. The van der Waals surface area contributed by atoms with Crippen molar-refractivity contribution in [1.82, 2.24) is 0 Å². The van der Waals surface area contributed by atoms with Crippen molar-refractivity contribution in [2.75, 3.05) is 0 Å². The molecule has 1 atom stereocenters. The maximum atomic E-state index is 12.7. The molecule has 0 rings (SSSR count). The van der Waals surface area contributed by atoms with Gasteiger partial charge in [-0.15, -0.1) is 0 Å². The predicted octanol–water partition coefficient (Wildman–Crippen LogP) is 2.75. The third kappa shape index (κ3) is 10.1. The number of hydrogen-bond acceptors (Lipinski definition) is 2. The van der Waals surface area contributed by atoms with Gasteiger partial charge in [0.15, 0.2) is 0 Å². The minimum absolute atomic E-state index is 0.0504. The Kier molecular flexibility index (Phi) is 7.37. The number of rotatable bonds is 8. The molecule has 0 fully saturated rings. The standard InChI is InChI=1S/C8H18FO4P/c1-2-3-4-5-6-7-8(9)13-14(10,11)12/h8H,2-7H2,1H3,(H2,10,11,12). The van der Waals surface area contributed by atoms with Gasteiger partial charge in [0.1, 0.15) is 0 Å². The number of halogens is 1. The summed E-state index contributed by atoms with van der Waals surface area (Å²) in [5.74, 6) is 0. The monoisotopic (exact) mass is 228 g/mol. The van der Waals surface area contributed by atoms with Gasteiger partial charge >= 0.3 is 7.82 Å². The molecule has 0 heterocycles. The first-order chi connectivity index (χ1) is 6.45. The molecule has 0 radical (unpaired) electrons. The summed E-state index contributed by atoms with van der Waals surface area (Å²) in [5, 5.41) is 0. The Balaban J connectivity index is 3.36. The maximum absolute atomic E-state index is 12.7. The minimum Gasteiger partial charge on any atom is -0.303 e. The molecule has 0 aromatic carbocycles. The van der Waals surface area contributed by atoms with E-state index in [0.29, 0.717) is 6.42 Å². The van der Waals surface area contributed by atoms with Crippen molar-refractivity contribution in [1.29, 1.82) is 0 Å². The zero-order valence-electron chi connectivity index (χ0n) is 8.36. The van der Waals surface area contributed by atoms with E-state index in [-0.39, 0.29) is 6.42 Å². The van der Waals surface area contributed by atoms with E-state index in [4.69, 9.17) is 9.79 Å². The first-order valence-corrected chi connectivity index (χ1v) is 6.36. The molecule has 0 aliphatic carbocycles. The van der Waals surface area contributed by atoms with E-state index in [1.807, 2.05) is 0 Å². The van der Waals surface area contributed by atoms with Gasteiger partial charge in [0, 0.05) is 6.42 Å². The van der Waals surface area contributed by atoms with E-state index in [2.05, 4.69) is 11.4 Å². The summed E-state index contributed by atoms with van der Waals surface area (Å²) in [6.07, 6.45) is 2.92. The van der Waals surface area contributed by atoms with Crippen LogP contribution >= 0.6 is 7.82 Å². The van der Waals surface area contributed by atoms with Crippen LogP contribution in [0.25, 0.3) is 0 Å². The molecule has 6 heteroatoms. The molecule has 2 N–H and O–H groups in total. The number of phosphoric ester groups is 1. The van der Waals surface area contributed by atoms with Crippen LogP contribution in [0, 0.1) is 0 Å². The lowest BCUT2D eigenvalue weighted by molar-refractivity contribution is 0.0273. The molecule has 1 unspecified atom stereocenters. The topological polar surface area (TPSA) is 66.8 Å². The molecule has 0 aromatic rings.